The second-order valence-electron chi connectivity index (χ2n) is 8.42. The fraction of sp³-hybridized carbons (Fsp3) is 0.765. The van der Waals surface area contributed by atoms with Crippen LogP contribution in [0.2, 0.25) is 0 Å². The van der Waals surface area contributed by atoms with E-state index in [0.29, 0.717) is 30.9 Å². The third kappa shape index (κ3) is 4.13. The van der Waals surface area contributed by atoms with Crippen molar-refractivity contribution in [2.45, 2.75) is 57.7 Å². The van der Waals surface area contributed by atoms with Crippen LogP contribution < -0.4 is 10.9 Å². The Bertz CT molecular complexity index is 677. The van der Waals surface area contributed by atoms with Crippen molar-refractivity contribution in [3.05, 3.63) is 0 Å². The van der Waals surface area contributed by atoms with E-state index >= 15 is 0 Å². The minimum Gasteiger partial charge on any atom is -0.444 e. The van der Waals surface area contributed by atoms with Crippen LogP contribution in [0.5, 0.6) is 0 Å². The molecule has 2 bridgehead atoms. The molecule has 0 radical (unpaired) electrons. The van der Waals surface area contributed by atoms with Crippen LogP contribution >= 0.6 is 0 Å². The molecule has 3 aliphatic heterocycles. The van der Waals surface area contributed by atoms with Crippen LogP contribution in [0.15, 0.2) is 0 Å². The summed E-state index contributed by atoms with van der Waals surface area (Å²) < 4.78 is 5.30. The summed E-state index contributed by atoms with van der Waals surface area (Å²) in [7, 11) is 0. The van der Waals surface area contributed by atoms with Gasteiger partial charge < -0.3 is 14.5 Å². The number of fused-ring (bicyclic) bond motifs is 2. The van der Waals surface area contributed by atoms with E-state index in [1.54, 1.807) is 20.8 Å². The summed E-state index contributed by atoms with van der Waals surface area (Å²) in [5.41, 5.74) is 4.14. The van der Waals surface area contributed by atoms with Crippen LogP contribution in [0, 0.1) is 5.92 Å². The average Bonchev–Trinajstić information content (AvgIpc) is 3.19. The Hall–Kier alpha value is -2.56. The Labute approximate surface area is 162 Å². The van der Waals surface area contributed by atoms with Crippen molar-refractivity contribution < 1.29 is 29.1 Å². The number of hydrogen-bond donors (Lipinski definition) is 3. The van der Waals surface area contributed by atoms with E-state index in [-0.39, 0.29) is 19.1 Å². The molecule has 3 saturated heterocycles. The Morgan fingerprint density at radius 2 is 1.75 bits per heavy atom. The summed E-state index contributed by atoms with van der Waals surface area (Å²) >= 11 is 0. The first-order valence-electron chi connectivity index (χ1n) is 9.43. The second kappa shape index (κ2) is 7.46. The number of carbonyl (C=O) groups is 4. The highest BCUT2D eigenvalue weighted by atomic mass is 16.6. The van der Waals surface area contributed by atoms with Crippen LogP contribution in [-0.2, 0) is 14.3 Å². The number of nitrogens with one attached hydrogen (secondary N) is 2. The normalized spacial score (nSPS) is 27.1. The Morgan fingerprint density at radius 1 is 1.07 bits per heavy atom. The number of hydrazine groups is 1. The topological polar surface area (TPSA) is 132 Å². The zero-order chi connectivity index (χ0) is 20.6. The number of rotatable bonds is 2. The number of ether oxygens (including phenoxy) is 1. The van der Waals surface area contributed by atoms with Gasteiger partial charge in [-0.3, -0.25) is 25.6 Å². The molecule has 0 aliphatic carbocycles. The number of urea groups is 1. The van der Waals surface area contributed by atoms with E-state index in [4.69, 9.17) is 4.74 Å². The van der Waals surface area contributed by atoms with Gasteiger partial charge in [-0.2, -0.15) is 0 Å². The molecule has 3 fully saturated rings. The summed E-state index contributed by atoms with van der Waals surface area (Å²) in [4.78, 5) is 51.5. The number of carbonyl (C=O) groups excluding carboxylic acids is 4. The summed E-state index contributed by atoms with van der Waals surface area (Å²) in [6.07, 6.45) is 0.920. The predicted octanol–water partition coefficient (Wildman–Crippen LogP) is 0.0486. The molecule has 0 aromatic heterocycles. The molecule has 0 spiro atoms. The largest absolute Gasteiger partial charge is 0.444 e. The Kier molecular flexibility index (Phi) is 5.37. The quantitative estimate of drug-likeness (QED) is 0.446. The van der Waals surface area contributed by atoms with Crippen molar-refractivity contribution in [1.29, 1.82) is 0 Å². The number of hydroxylamine groups is 2. The molecule has 3 heterocycles. The van der Waals surface area contributed by atoms with Crippen molar-refractivity contribution in [2.75, 3.05) is 19.6 Å². The van der Waals surface area contributed by atoms with Crippen molar-refractivity contribution >= 4 is 23.9 Å². The van der Waals surface area contributed by atoms with Gasteiger partial charge in [-0.1, -0.05) is 0 Å². The van der Waals surface area contributed by atoms with Crippen LogP contribution in [-0.4, -0.2) is 81.3 Å². The molecule has 156 valence electrons. The summed E-state index contributed by atoms with van der Waals surface area (Å²) in [6, 6.07) is -1.62. The molecule has 3 atom stereocenters. The first-order chi connectivity index (χ1) is 13.1. The van der Waals surface area contributed by atoms with E-state index in [2.05, 4.69) is 10.9 Å². The fourth-order valence-corrected chi connectivity index (χ4v) is 3.70. The van der Waals surface area contributed by atoms with Crippen molar-refractivity contribution in [3.63, 3.8) is 0 Å². The minimum atomic E-state index is -0.733. The first kappa shape index (κ1) is 20.2. The molecule has 11 heteroatoms. The van der Waals surface area contributed by atoms with Crippen LogP contribution in [0.3, 0.4) is 0 Å². The van der Waals surface area contributed by atoms with Gasteiger partial charge in [0.15, 0.2) is 0 Å². The van der Waals surface area contributed by atoms with Gasteiger partial charge in [0.05, 0.1) is 12.0 Å². The predicted molar refractivity (Wildman–Crippen MR) is 94.7 cm³/mol. The third-order valence-corrected chi connectivity index (χ3v) is 5.17. The zero-order valence-corrected chi connectivity index (χ0v) is 16.3. The number of likely N-dealkylation sites (tertiary alicyclic amines) is 1. The van der Waals surface area contributed by atoms with Crippen LogP contribution in [0.1, 0.15) is 40.0 Å². The van der Waals surface area contributed by atoms with Crippen LogP contribution in [0.4, 0.5) is 9.59 Å². The number of nitrogens with zero attached hydrogens (tertiary/aromatic N) is 3. The lowest BCUT2D eigenvalue weighted by Crippen LogP contribution is -2.55. The van der Waals surface area contributed by atoms with E-state index in [1.165, 1.54) is 9.80 Å². The summed E-state index contributed by atoms with van der Waals surface area (Å²) in [5, 5.41) is 10.3. The number of hydrogen-bond acceptors (Lipinski definition) is 6. The monoisotopic (exact) mass is 397 g/mol. The fourth-order valence-electron chi connectivity index (χ4n) is 3.70. The molecule has 0 aromatic rings. The Balaban J connectivity index is 1.46. The van der Waals surface area contributed by atoms with Gasteiger partial charge in [0.2, 0.25) is 5.91 Å². The maximum atomic E-state index is 12.4. The molecular formula is C17H27N5O6. The summed E-state index contributed by atoms with van der Waals surface area (Å²) in [6.45, 7) is 6.22. The Morgan fingerprint density at radius 3 is 2.43 bits per heavy atom. The van der Waals surface area contributed by atoms with Gasteiger partial charge in [0.25, 0.3) is 5.91 Å². The minimum absolute atomic E-state index is 0.214. The van der Waals surface area contributed by atoms with Gasteiger partial charge >= 0.3 is 12.1 Å². The van der Waals surface area contributed by atoms with Gasteiger partial charge in [0, 0.05) is 19.6 Å². The molecule has 0 aromatic carbocycles. The first-order valence-corrected chi connectivity index (χ1v) is 9.43. The molecule has 28 heavy (non-hydrogen) atoms. The van der Waals surface area contributed by atoms with Gasteiger partial charge in [-0.25, -0.2) is 14.7 Å². The molecule has 3 N–H and O–H groups in total. The smallest absolute Gasteiger partial charge is 0.410 e. The molecule has 3 unspecified atom stereocenters. The standard InChI is InChI=1S/C17H27N5O6/c1-17(2,3)28-16(26)20-7-6-10(8-20)13(23)18-19-14(24)12-5-4-11-9-21(12)15(25)22(11)27/h10-12,27H,4-9H2,1-3H3,(H,18,23)(H,19,24). The van der Waals surface area contributed by atoms with E-state index in [9.17, 15) is 24.4 Å². The molecule has 0 saturated carbocycles. The molecular weight excluding hydrogens is 370 g/mol. The van der Waals surface area contributed by atoms with Gasteiger partial charge in [-0.15, -0.1) is 0 Å². The van der Waals surface area contributed by atoms with Gasteiger partial charge in [0.1, 0.15) is 11.6 Å². The second-order valence-corrected chi connectivity index (χ2v) is 8.42. The zero-order valence-electron chi connectivity index (χ0n) is 16.3. The lowest BCUT2D eigenvalue weighted by Gasteiger charge is -2.29. The maximum Gasteiger partial charge on any atom is 0.410 e. The van der Waals surface area contributed by atoms with Gasteiger partial charge in [-0.05, 0) is 40.0 Å². The molecule has 3 aliphatic rings. The van der Waals surface area contributed by atoms with Crippen molar-refractivity contribution in [2.24, 2.45) is 5.92 Å². The van der Waals surface area contributed by atoms with Crippen LogP contribution in [0.25, 0.3) is 0 Å². The number of amides is 5. The highest BCUT2D eigenvalue weighted by Gasteiger charge is 2.47. The highest BCUT2D eigenvalue weighted by molar-refractivity contribution is 5.90. The third-order valence-electron chi connectivity index (χ3n) is 5.17. The average molecular weight is 397 g/mol. The SMILES string of the molecule is CC(C)(C)OC(=O)N1CCC(C(=O)NNC(=O)C2CCC3CN2C(=O)N3O)C1. The van der Waals surface area contributed by atoms with Crippen molar-refractivity contribution in [1.82, 2.24) is 25.7 Å². The van der Waals surface area contributed by atoms with E-state index < -0.39 is 41.5 Å². The van der Waals surface area contributed by atoms with E-state index in [0.717, 1.165) is 0 Å². The molecule has 5 amide bonds. The van der Waals surface area contributed by atoms with E-state index in [1.807, 2.05) is 0 Å². The lowest BCUT2D eigenvalue weighted by molar-refractivity contribution is -0.133. The highest BCUT2D eigenvalue weighted by Crippen LogP contribution is 2.28. The number of piperidine rings is 1. The maximum absolute atomic E-state index is 12.4. The van der Waals surface area contributed by atoms with Crippen molar-refractivity contribution in [3.8, 4) is 0 Å². The molecule has 11 nitrogen and oxygen atoms in total. The summed E-state index contributed by atoms with van der Waals surface area (Å²) in [5.74, 6) is -1.35. The lowest BCUT2D eigenvalue weighted by atomic mass is 10.0. The molecule has 3 rings (SSSR count).